The molecule has 0 saturated heterocycles. The van der Waals surface area contributed by atoms with E-state index in [1.54, 1.807) is 20.8 Å². The smallest absolute Gasteiger partial charge is 0.155 e. The highest BCUT2D eigenvalue weighted by Crippen LogP contribution is 2.18. The normalized spacial score (nSPS) is 12.5. The van der Waals surface area contributed by atoms with Crippen LogP contribution in [0.3, 0.4) is 0 Å². The van der Waals surface area contributed by atoms with E-state index in [1.165, 1.54) is 24.0 Å². The number of aryl methyl sites for hydroxylation is 2. The minimum absolute atomic E-state index is 0.328. The van der Waals surface area contributed by atoms with Gasteiger partial charge in [0.05, 0.1) is 10.5 Å². The van der Waals surface area contributed by atoms with Crippen molar-refractivity contribution in [3.8, 4) is 0 Å². The fourth-order valence-corrected chi connectivity index (χ4v) is 3.60. The van der Waals surface area contributed by atoms with Crippen LogP contribution in [0.4, 0.5) is 0 Å². The number of benzene rings is 1. The van der Waals surface area contributed by atoms with Gasteiger partial charge in [0.2, 0.25) is 0 Å². The van der Waals surface area contributed by atoms with Gasteiger partial charge in [-0.05, 0) is 57.6 Å². The highest BCUT2D eigenvalue weighted by atomic mass is 32.2. The molecule has 0 fully saturated rings. The van der Waals surface area contributed by atoms with E-state index in [-0.39, 0.29) is 0 Å². The third-order valence-corrected chi connectivity index (χ3v) is 6.93. The molecule has 0 unspecified atom stereocenters. The number of unbranched alkanes of at least 4 members (excludes halogenated alkanes) is 4. The van der Waals surface area contributed by atoms with Crippen molar-refractivity contribution in [3.63, 3.8) is 0 Å². The molecule has 1 aromatic carbocycles. The average molecular weight is 325 g/mol. The number of sulfone groups is 1. The number of hydrogen-bond donors (Lipinski definition) is 0. The van der Waals surface area contributed by atoms with E-state index in [4.69, 9.17) is 0 Å². The van der Waals surface area contributed by atoms with E-state index in [0.29, 0.717) is 5.75 Å². The fourth-order valence-electron chi connectivity index (χ4n) is 2.40. The predicted molar refractivity (Wildman–Crippen MR) is 96.1 cm³/mol. The van der Waals surface area contributed by atoms with Crippen LogP contribution in [0.15, 0.2) is 24.3 Å². The SMILES string of the molecule is CCc1ccc(CCCCCCCS(=O)(=O)C(C)(C)C)cc1. The van der Waals surface area contributed by atoms with Crippen LogP contribution in [-0.4, -0.2) is 18.9 Å². The molecule has 0 spiro atoms. The van der Waals surface area contributed by atoms with Gasteiger partial charge in [0.15, 0.2) is 9.84 Å². The molecule has 0 aliphatic rings. The van der Waals surface area contributed by atoms with Gasteiger partial charge >= 0.3 is 0 Å². The summed E-state index contributed by atoms with van der Waals surface area (Å²) in [5.41, 5.74) is 2.80. The van der Waals surface area contributed by atoms with Gasteiger partial charge in [-0.2, -0.15) is 0 Å². The molecule has 0 amide bonds. The Balaban J connectivity index is 2.13. The summed E-state index contributed by atoms with van der Waals surface area (Å²) >= 11 is 0. The second-order valence-corrected chi connectivity index (χ2v) is 9.98. The maximum atomic E-state index is 12.0. The van der Waals surface area contributed by atoms with Gasteiger partial charge in [-0.15, -0.1) is 0 Å². The summed E-state index contributed by atoms with van der Waals surface area (Å²) in [7, 11) is -2.94. The molecular weight excluding hydrogens is 292 g/mol. The third-order valence-electron chi connectivity index (χ3n) is 4.24. The van der Waals surface area contributed by atoms with Crippen molar-refractivity contribution in [1.82, 2.24) is 0 Å². The molecule has 0 saturated carbocycles. The summed E-state index contributed by atoms with van der Waals surface area (Å²) in [6.45, 7) is 7.53. The van der Waals surface area contributed by atoms with E-state index >= 15 is 0 Å². The zero-order chi connectivity index (χ0) is 16.6. The van der Waals surface area contributed by atoms with E-state index in [9.17, 15) is 8.42 Å². The second kappa shape index (κ2) is 8.71. The van der Waals surface area contributed by atoms with E-state index in [2.05, 4.69) is 31.2 Å². The highest BCUT2D eigenvalue weighted by Gasteiger charge is 2.27. The van der Waals surface area contributed by atoms with Crippen molar-refractivity contribution in [2.24, 2.45) is 0 Å². The first-order valence-electron chi connectivity index (χ1n) is 8.56. The Kier molecular flexibility index (Phi) is 7.61. The van der Waals surface area contributed by atoms with E-state index in [0.717, 1.165) is 32.1 Å². The molecule has 1 rings (SSSR count). The molecule has 0 heterocycles. The first-order valence-corrected chi connectivity index (χ1v) is 10.2. The zero-order valence-electron chi connectivity index (χ0n) is 14.7. The zero-order valence-corrected chi connectivity index (χ0v) is 15.5. The van der Waals surface area contributed by atoms with Crippen molar-refractivity contribution < 1.29 is 8.42 Å². The lowest BCUT2D eigenvalue weighted by atomic mass is 10.0. The standard InChI is InChI=1S/C19H32O2S/c1-5-17-12-14-18(15-13-17)11-9-7-6-8-10-16-22(20,21)19(2,3)4/h12-15H,5-11,16H2,1-4H3. The topological polar surface area (TPSA) is 34.1 Å². The predicted octanol–water partition coefficient (Wildman–Crippen LogP) is 4.96. The molecule has 0 aromatic heterocycles. The van der Waals surface area contributed by atoms with E-state index < -0.39 is 14.6 Å². The Bertz CT molecular complexity index is 522. The molecule has 0 bridgehead atoms. The molecule has 0 atom stereocenters. The van der Waals surface area contributed by atoms with Gasteiger partial charge in [0, 0.05) is 0 Å². The number of hydrogen-bond acceptors (Lipinski definition) is 2. The molecule has 1 aromatic rings. The molecule has 3 heteroatoms. The molecule has 2 nitrogen and oxygen atoms in total. The Morgan fingerprint density at radius 3 is 1.86 bits per heavy atom. The number of rotatable bonds is 9. The van der Waals surface area contributed by atoms with Crippen LogP contribution in [0.5, 0.6) is 0 Å². The Hall–Kier alpha value is -0.830. The summed E-state index contributed by atoms with van der Waals surface area (Å²) in [6.07, 6.45) is 7.55. The van der Waals surface area contributed by atoms with Crippen LogP contribution >= 0.6 is 0 Å². The minimum atomic E-state index is -2.94. The largest absolute Gasteiger partial charge is 0.228 e. The monoisotopic (exact) mass is 324 g/mol. The van der Waals surface area contributed by atoms with Crippen LogP contribution in [0.2, 0.25) is 0 Å². The lowest BCUT2D eigenvalue weighted by Gasteiger charge is -2.18. The summed E-state index contributed by atoms with van der Waals surface area (Å²) in [5, 5.41) is 0. The third kappa shape index (κ3) is 6.51. The van der Waals surface area contributed by atoms with Crippen molar-refractivity contribution >= 4 is 9.84 Å². The molecule has 0 aliphatic carbocycles. The Labute approximate surface area is 137 Å². The summed E-state index contributed by atoms with van der Waals surface area (Å²) in [6, 6.07) is 8.89. The van der Waals surface area contributed by atoms with E-state index in [1.807, 2.05) is 0 Å². The highest BCUT2D eigenvalue weighted by molar-refractivity contribution is 7.92. The van der Waals surface area contributed by atoms with Crippen LogP contribution in [0.1, 0.15) is 70.9 Å². The van der Waals surface area contributed by atoms with Gasteiger partial charge < -0.3 is 0 Å². The Morgan fingerprint density at radius 2 is 1.32 bits per heavy atom. The quantitative estimate of drug-likeness (QED) is 0.602. The van der Waals surface area contributed by atoms with Gasteiger partial charge in [-0.25, -0.2) is 8.42 Å². The van der Waals surface area contributed by atoms with Crippen molar-refractivity contribution in [3.05, 3.63) is 35.4 Å². The first kappa shape index (κ1) is 19.2. The maximum absolute atomic E-state index is 12.0. The van der Waals surface area contributed by atoms with Crippen LogP contribution < -0.4 is 0 Å². The molecule has 0 radical (unpaired) electrons. The van der Waals surface area contributed by atoms with Gasteiger partial charge in [-0.1, -0.05) is 50.5 Å². The first-order chi connectivity index (χ1) is 10.3. The molecule has 0 N–H and O–H groups in total. The van der Waals surface area contributed by atoms with Gasteiger partial charge in [0.25, 0.3) is 0 Å². The molecule has 22 heavy (non-hydrogen) atoms. The maximum Gasteiger partial charge on any atom is 0.155 e. The lowest BCUT2D eigenvalue weighted by molar-refractivity contribution is 0.552. The average Bonchev–Trinajstić information content (AvgIpc) is 2.45. The van der Waals surface area contributed by atoms with Crippen LogP contribution in [0, 0.1) is 0 Å². The fraction of sp³-hybridized carbons (Fsp3) is 0.684. The van der Waals surface area contributed by atoms with Crippen molar-refractivity contribution in [2.75, 3.05) is 5.75 Å². The van der Waals surface area contributed by atoms with Crippen molar-refractivity contribution in [1.29, 1.82) is 0 Å². The van der Waals surface area contributed by atoms with Crippen molar-refractivity contribution in [2.45, 2.75) is 77.4 Å². The second-order valence-electron chi connectivity index (χ2n) is 7.12. The lowest BCUT2D eigenvalue weighted by Crippen LogP contribution is -2.30. The molecular formula is C19H32O2S. The van der Waals surface area contributed by atoms with Crippen LogP contribution in [-0.2, 0) is 22.7 Å². The Morgan fingerprint density at radius 1 is 0.818 bits per heavy atom. The van der Waals surface area contributed by atoms with Gasteiger partial charge in [0.1, 0.15) is 0 Å². The van der Waals surface area contributed by atoms with Crippen LogP contribution in [0.25, 0.3) is 0 Å². The molecule has 126 valence electrons. The molecule has 0 aliphatic heterocycles. The summed E-state index contributed by atoms with van der Waals surface area (Å²) in [4.78, 5) is 0. The van der Waals surface area contributed by atoms with Gasteiger partial charge in [-0.3, -0.25) is 0 Å². The summed E-state index contributed by atoms with van der Waals surface area (Å²) in [5.74, 6) is 0.328. The summed E-state index contributed by atoms with van der Waals surface area (Å²) < 4.78 is 23.3. The minimum Gasteiger partial charge on any atom is -0.228 e.